The molecule has 68 valence electrons. The summed E-state index contributed by atoms with van der Waals surface area (Å²) in [7, 11) is 0. The molecular weight excluding hydrogens is 178 g/mol. The first kappa shape index (κ1) is 8.40. The lowest BCUT2D eigenvalue weighted by Crippen LogP contribution is -2.18. The summed E-state index contributed by atoms with van der Waals surface area (Å²) in [5, 5.41) is 20.7. The van der Waals surface area contributed by atoms with E-state index < -0.39 is 0 Å². The average Bonchev–Trinajstić information content (AvgIpc) is 2.27. The molecule has 0 spiro atoms. The van der Waals surface area contributed by atoms with E-state index in [0.29, 0.717) is 30.0 Å². The molecule has 1 aliphatic heterocycles. The maximum atomic E-state index is 8.85. The number of benzene rings is 1. The highest BCUT2D eigenvalue weighted by atomic mass is 16.5. The average molecular weight is 185 g/mol. The van der Waals surface area contributed by atoms with Crippen molar-refractivity contribution in [3.05, 3.63) is 23.3 Å². The molecule has 2 rings (SSSR count). The Morgan fingerprint density at radius 3 is 2.86 bits per heavy atom. The van der Waals surface area contributed by atoms with E-state index in [1.54, 1.807) is 6.07 Å². The van der Waals surface area contributed by atoms with E-state index in [1.807, 2.05) is 12.1 Å². The van der Waals surface area contributed by atoms with E-state index in [-0.39, 0.29) is 0 Å². The Hall–Kier alpha value is -2.20. The molecule has 14 heavy (non-hydrogen) atoms. The first-order valence-electron chi connectivity index (χ1n) is 4.20. The van der Waals surface area contributed by atoms with E-state index in [2.05, 4.69) is 5.32 Å². The van der Waals surface area contributed by atoms with E-state index in [9.17, 15) is 0 Å². The van der Waals surface area contributed by atoms with Crippen molar-refractivity contribution >= 4 is 5.69 Å². The van der Waals surface area contributed by atoms with Gasteiger partial charge in [-0.25, -0.2) is 0 Å². The SMILES string of the molecule is N#Cc1cc(C#N)c2c(c1)NCCO2. The van der Waals surface area contributed by atoms with E-state index >= 15 is 0 Å². The molecule has 1 heterocycles. The van der Waals surface area contributed by atoms with Crippen LogP contribution in [0.3, 0.4) is 0 Å². The number of nitrogens with zero attached hydrogens (tertiary/aromatic N) is 2. The standard InChI is InChI=1S/C10H7N3O/c11-5-7-3-8(6-12)10-9(4-7)13-1-2-14-10/h3-4,13H,1-2H2. The molecule has 0 saturated heterocycles. The summed E-state index contributed by atoms with van der Waals surface area (Å²) < 4.78 is 5.35. The van der Waals surface area contributed by atoms with Gasteiger partial charge in [-0.2, -0.15) is 10.5 Å². The molecule has 1 aromatic carbocycles. The summed E-state index contributed by atoms with van der Waals surface area (Å²) in [5.74, 6) is 0.553. The van der Waals surface area contributed by atoms with Gasteiger partial charge in [-0.3, -0.25) is 0 Å². The number of fused-ring (bicyclic) bond motifs is 1. The Bertz CT molecular complexity index is 454. The van der Waals surface area contributed by atoms with Crippen molar-refractivity contribution < 1.29 is 4.74 Å². The molecule has 0 unspecified atom stereocenters. The monoisotopic (exact) mass is 185 g/mol. The van der Waals surface area contributed by atoms with Crippen LogP contribution in [0.15, 0.2) is 12.1 Å². The van der Waals surface area contributed by atoms with Crippen molar-refractivity contribution in [3.63, 3.8) is 0 Å². The zero-order chi connectivity index (χ0) is 9.97. The lowest BCUT2D eigenvalue weighted by molar-refractivity contribution is 0.322. The Labute approximate surface area is 81.3 Å². The van der Waals surface area contributed by atoms with Gasteiger partial charge in [0.2, 0.25) is 0 Å². The number of nitrogens with one attached hydrogen (secondary N) is 1. The summed E-state index contributed by atoms with van der Waals surface area (Å²) in [5.41, 5.74) is 1.61. The molecule has 0 radical (unpaired) electrons. The van der Waals surface area contributed by atoms with Crippen LogP contribution < -0.4 is 10.1 Å². The van der Waals surface area contributed by atoms with Gasteiger partial charge in [0.1, 0.15) is 12.7 Å². The van der Waals surface area contributed by atoms with Crippen LogP contribution in [0.5, 0.6) is 5.75 Å². The highest BCUT2D eigenvalue weighted by Crippen LogP contribution is 2.32. The summed E-state index contributed by atoms with van der Waals surface area (Å²) >= 11 is 0. The van der Waals surface area contributed by atoms with Gasteiger partial charge in [-0.05, 0) is 12.1 Å². The van der Waals surface area contributed by atoms with Crippen molar-refractivity contribution in [2.75, 3.05) is 18.5 Å². The van der Waals surface area contributed by atoms with Gasteiger partial charge in [0.05, 0.1) is 22.9 Å². The van der Waals surface area contributed by atoms with Crippen molar-refractivity contribution in [3.8, 4) is 17.9 Å². The molecule has 1 aliphatic rings. The number of ether oxygens (including phenoxy) is 1. The molecule has 0 aromatic heterocycles. The molecule has 0 amide bonds. The summed E-state index contributed by atoms with van der Waals surface area (Å²) in [6.45, 7) is 1.25. The maximum Gasteiger partial charge on any atom is 0.160 e. The molecule has 0 saturated carbocycles. The van der Waals surface area contributed by atoms with E-state index in [4.69, 9.17) is 15.3 Å². The molecule has 1 aromatic rings. The van der Waals surface area contributed by atoms with Crippen molar-refractivity contribution in [2.24, 2.45) is 0 Å². The third-order valence-corrected chi connectivity index (χ3v) is 2.00. The summed E-state index contributed by atoms with van der Waals surface area (Å²) in [6.07, 6.45) is 0. The van der Waals surface area contributed by atoms with Gasteiger partial charge in [0, 0.05) is 6.54 Å². The van der Waals surface area contributed by atoms with Gasteiger partial charge in [-0.15, -0.1) is 0 Å². The number of rotatable bonds is 0. The fraction of sp³-hybridized carbons (Fsp3) is 0.200. The molecule has 0 bridgehead atoms. The van der Waals surface area contributed by atoms with Crippen LogP contribution in [0.4, 0.5) is 5.69 Å². The molecule has 4 nitrogen and oxygen atoms in total. The highest BCUT2D eigenvalue weighted by molar-refractivity contribution is 5.67. The molecular formula is C10H7N3O. The predicted molar refractivity (Wildman–Crippen MR) is 49.9 cm³/mol. The lowest BCUT2D eigenvalue weighted by atomic mass is 10.1. The second-order valence-electron chi connectivity index (χ2n) is 2.90. The van der Waals surface area contributed by atoms with Crippen LogP contribution in [-0.2, 0) is 0 Å². The lowest BCUT2D eigenvalue weighted by Gasteiger charge is -2.19. The maximum absolute atomic E-state index is 8.85. The van der Waals surface area contributed by atoms with Gasteiger partial charge >= 0.3 is 0 Å². The largest absolute Gasteiger partial charge is 0.488 e. The Morgan fingerprint density at radius 1 is 1.29 bits per heavy atom. The Balaban J connectivity index is 2.61. The predicted octanol–water partition coefficient (Wildman–Crippen LogP) is 1.23. The van der Waals surface area contributed by atoms with Crippen LogP contribution in [-0.4, -0.2) is 13.2 Å². The van der Waals surface area contributed by atoms with Gasteiger partial charge < -0.3 is 10.1 Å². The molecule has 1 N–H and O–H groups in total. The number of hydrogen-bond acceptors (Lipinski definition) is 4. The third kappa shape index (κ3) is 1.23. The van der Waals surface area contributed by atoms with Crippen molar-refractivity contribution in [1.29, 1.82) is 10.5 Å². The fourth-order valence-electron chi connectivity index (χ4n) is 1.40. The molecule has 0 atom stereocenters. The van der Waals surface area contributed by atoms with Crippen LogP contribution in [0.25, 0.3) is 0 Å². The van der Waals surface area contributed by atoms with Gasteiger partial charge in [0.25, 0.3) is 0 Å². The minimum atomic E-state index is 0.409. The quantitative estimate of drug-likeness (QED) is 0.660. The second-order valence-corrected chi connectivity index (χ2v) is 2.90. The van der Waals surface area contributed by atoms with E-state index in [1.165, 1.54) is 6.07 Å². The smallest absolute Gasteiger partial charge is 0.160 e. The number of anilines is 1. The summed E-state index contributed by atoms with van der Waals surface area (Å²) in [4.78, 5) is 0. The van der Waals surface area contributed by atoms with Crippen LogP contribution >= 0.6 is 0 Å². The van der Waals surface area contributed by atoms with Crippen LogP contribution in [0.2, 0.25) is 0 Å². The Kier molecular flexibility index (Phi) is 1.96. The van der Waals surface area contributed by atoms with Crippen LogP contribution in [0, 0.1) is 22.7 Å². The minimum absolute atomic E-state index is 0.409. The zero-order valence-corrected chi connectivity index (χ0v) is 7.37. The summed E-state index contributed by atoms with van der Waals surface area (Å²) in [6, 6.07) is 7.24. The van der Waals surface area contributed by atoms with Crippen molar-refractivity contribution in [2.45, 2.75) is 0 Å². The highest BCUT2D eigenvalue weighted by Gasteiger charge is 2.15. The fourth-order valence-corrected chi connectivity index (χ4v) is 1.40. The normalized spacial score (nSPS) is 12.7. The number of hydrogen-bond donors (Lipinski definition) is 1. The van der Waals surface area contributed by atoms with Gasteiger partial charge in [0.15, 0.2) is 5.75 Å². The third-order valence-electron chi connectivity index (χ3n) is 2.00. The van der Waals surface area contributed by atoms with Gasteiger partial charge in [-0.1, -0.05) is 0 Å². The second kappa shape index (κ2) is 3.27. The first-order chi connectivity index (χ1) is 6.85. The molecule has 0 fully saturated rings. The van der Waals surface area contributed by atoms with Crippen LogP contribution in [0.1, 0.15) is 11.1 Å². The van der Waals surface area contributed by atoms with E-state index in [0.717, 1.165) is 5.69 Å². The topological polar surface area (TPSA) is 68.8 Å². The van der Waals surface area contributed by atoms with Crippen molar-refractivity contribution in [1.82, 2.24) is 0 Å². The first-order valence-corrected chi connectivity index (χ1v) is 4.20. The zero-order valence-electron chi connectivity index (χ0n) is 7.37. The number of nitriles is 2. The Morgan fingerprint density at radius 2 is 2.14 bits per heavy atom. The molecule has 4 heteroatoms. The minimum Gasteiger partial charge on any atom is -0.488 e. The molecule has 0 aliphatic carbocycles.